The fourth-order valence-electron chi connectivity index (χ4n) is 0. The van der Waals surface area contributed by atoms with Crippen LogP contribution < -0.4 is 48.0 Å². The van der Waals surface area contributed by atoms with Crippen LogP contribution in [-0.2, 0) is 55.3 Å². The topological polar surface area (TPSA) is 0 Å². The Bertz CT molecular complexity index is 4.00. The molecule has 0 unspecified atom stereocenters. The zero-order valence-corrected chi connectivity index (χ0v) is 17.5. The Morgan fingerprint density at radius 2 is 0.500 bits per heavy atom. The van der Waals surface area contributed by atoms with Gasteiger partial charge in [-0.05, 0) is 0 Å². The van der Waals surface area contributed by atoms with Crippen molar-refractivity contribution < 1.29 is 103 Å². The fourth-order valence-corrected chi connectivity index (χ4v) is 0. The smallest absolute Gasteiger partial charge is 1.00 e. The zero-order chi connectivity index (χ0) is 0. The van der Waals surface area contributed by atoms with Gasteiger partial charge >= 0.3 is 55.3 Å². The van der Waals surface area contributed by atoms with Gasteiger partial charge in [-0.2, -0.15) is 0 Å². The first kappa shape index (κ1) is 26.5. The van der Waals surface area contributed by atoms with E-state index in [1.807, 2.05) is 0 Å². The van der Waals surface area contributed by atoms with Crippen LogP contribution in [0.5, 0.6) is 0 Å². The van der Waals surface area contributed by atoms with E-state index < -0.39 is 0 Å². The average Bonchev–Trinajstić information content (AvgIpc) is 0. The van der Waals surface area contributed by atoms with E-state index in [4.69, 9.17) is 0 Å². The van der Waals surface area contributed by atoms with Gasteiger partial charge < -0.3 is 48.0 Å². The van der Waals surface area contributed by atoms with E-state index in [0.29, 0.717) is 0 Å². The van der Waals surface area contributed by atoms with E-state index >= 15 is 0 Å². The molecule has 0 aromatic carbocycles. The number of halogens is 2. The van der Waals surface area contributed by atoms with Crippen LogP contribution in [0.2, 0.25) is 0 Å². The van der Waals surface area contributed by atoms with Crippen molar-refractivity contribution >= 4 is 0 Å². The molecule has 0 saturated carbocycles. The van der Waals surface area contributed by atoms with Crippen molar-refractivity contribution in [2.45, 2.75) is 0 Å². The van der Waals surface area contributed by atoms with Crippen LogP contribution >= 0.6 is 0 Å². The molecule has 4 heteroatoms. The van der Waals surface area contributed by atoms with E-state index in [1.165, 1.54) is 0 Å². The van der Waals surface area contributed by atoms with Gasteiger partial charge in [0.2, 0.25) is 0 Å². The Hall–Kier alpha value is 3.33. The number of rotatable bonds is 0. The molecule has 0 rings (SSSR count). The minimum absolute atomic E-state index is 0. The van der Waals surface area contributed by atoms with Gasteiger partial charge in [0, 0.05) is 0 Å². The van der Waals surface area contributed by atoms with Crippen molar-refractivity contribution in [3.05, 3.63) is 0 Å². The summed E-state index contributed by atoms with van der Waals surface area (Å²) in [5.41, 5.74) is 0. The zero-order valence-electron chi connectivity index (χ0n) is 2.17. The average molecular weight is 655 g/mol. The second kappa shape index (κ2) is 16.2. The fraction of sp³-hybridized carbons (Fsp3) is 0. The standard InChI is InChI=1S/2Hg.2HI/h;;2*1H/q2*+2;;/p-2. The summed E-state index contributed by atoms with van der Waals surface area (Å²) in [7, 11) is 0. The molecule has 0 aliphatic rings. The third-order valence-corrected chi connectivity index (χ3v) is 0. The molecule has 0 heterocycles. The molecule has 0 atom stereocenters. The molecule has 0 radical (unpaired) electrons. The molecule has 0 spiro atoms. The first-order valence-corrected chi connectivity index (χ1v) is 0. The maximum Gasteiger partial charge on any atom is 2.00 e. The molecule has 0 nitrogen and oxygen atoms in total. The number of hydrogen-bond acceptors (Lipinski definition) is 0. The molecule has 0 aromatic heterocycles. The predicted molar refractivity (Wildman–Crippen MR) is 0 cm³/mol. The summed E-state index contributed by atoms with van der Waals surface area (Å²) in [6.45, 7) is 0. The summed E-state index contributed by atoms with van der Waals surface area (Å²) >= 11 is 0. The van der Waals surface area contributed by atoms with E-state index in [2.05, 4.69) is 0 Å². The Morgan fingerprint density at radius 3 is 0.500 bits per heavy atom. The molecule has 0 fully saturated rings. The maximum absolute atomic E-state index is 0. The minimum atomic E-state index is 0. The van der Waals surface area contributed by atoms with Crippen molar-refractivity contribution in [2.24, 2.45) is 0 Å². The van der Waals surface area contributed by atoms with Gasteiger partial charge in [-0.25, -0.2) is 0 Å². The van der Waals surface area contributed by atoms with Crippen LogP contribution in [0.25, 0.3) is 0 Å². The third-order valence-electron chi connectivity index (χ3n) is 0. The molecule has 4 heavy (non-hydrogen) atoms. The summed E-state index contributed by atoms with van der Waals surface area (Å²) in [5, 5.41) is 0. The predicted octanol–water partition coefficient (Wildman–Crippen LogP) is -6.00. The van der Waals surface area contributed by atoms with Crippen molar-refractivity contribution in [3.63, 3.8) is 0 Å². The Kier molecular flexibility index (Phi) is 107. The van der Waals surface area contributed by atoms with Crippen molar-refractivity contribution in [3.8, 4) is 0 Å². The summed E-state index contributed by atoms with van der Waals surface area (Å²) in [5.74, 6) is 0. The quantitative estimate of drug-likeness (QED) is 0.181. The molecular formula is Hg2I2+2. The van der Waals surface area contributed by atoms with Gasteiger partial charge in [0.15, 0.2) is 0 Å². The van der Waals surface area contributed by atoms with Gasteiger partial charge in [0.25, 0.3) is 0 Å². The molecule has 0 aliphatic heterocycles. The van der Waals surface area contributed by atoms with Crippen LogP contribution in [0, 0.1) is 0 Å². The molecule has 0 amide bonds. The third kappa shape index (κ3) is 9.01. The van der Waals surface area contributed by atoms with Crippen LogP contribution in [0.3, 0.4) is 0 Å². The van der Waals surface area contributed by atoms with Gasteiger partial charge in [-0.1, -0.05) is 0 Å². The Labute approximate surface area is 101 Å². The van der Waals surface area contributed by atoms with Crippen LogP contribution in [0.4, 0.5) is 0 Å². The van der Waals surface area contributed by atoms with Gasteiger partial charge in [0.1, 0.15) is 0 Å². The molecule has 0 bridgehead atoms. The summed E-state index contributed by atoms with van der Waals surface area (Å²) < 4.78 is 0. The van der Waals surface area contributed by atoms with Crippen molar-refractivity contribution in [1.82, 2.24) is 0 Å². The molecule has 0 aromatic rings. The van der Waals surface area contributed by atoms with Gasteiger partial charge in [-0.15, -0.1) is 0 Å². The first-order valence-electron chi connectivity index (χ1n) is 0. The van der Waals surface area contributed by atoms with Crippen LogP contribution in [0.15, 0.2) is 0 Å². The normalized spacial score (nSPS) is 0. The minimum Gasteiger partial charge on any atom is -1.00 e. The van der Waals surface area contributed by atoms with E-state index in [0.717, 1.165) is 0 Å². The van der Waals surface area contributed by atoms with Gasteiger partial charge in [0.05, 0.1) is 0 Å². The molecule has 0 saturated heterocycles. The largest absolute Gasteiger partial charge is 2.00 e. The summed E-state index contributed by atoms with van der Waals surface area (Å²) in [4.78, 5) is 0. The van der Waals surface area contributed by atoms with Crippen molar-refractivity contribution in [2.75, 3.05) is 0 Å². The first-order chi connectivity index (χ1) is 0. The molecule has 0 N–H and O–H groups in total. The molecular weight excluding hydrogens is 655 g/mol. The van der Waals surface area contributed by atoms with Crippen molar-refractivity contribution in [1.29, 1.82) is 0 Å². The number of hydrogen-bond donors (Lipinski definition) is 0. The second-order valence-electron chi connectivity index (χ2n) is 0. The second-order valence-corrected chi connectivity index (χ2v) is 0. The monoisotopic (exact) mass is 658 g/mol. The molecule has 0 aliphatic carbocycles. The molecule has 16 valence electrons. The Balaban J connectivity index is 0. The Morgan fingerprint density at radius 1 is 0.500 bits per heavy atom. The van der Waals surface area contributed by atoms with Crippen LogP contribution in [-0.4, -0.2) is 0 Å². The summed E-state index contributed by atoms with van der Waals surface area (Å²) in [6.07, 6.45) is 0. The SMILES string of the molecule is [Hg+2].[Hg+2].[I-].[I-]. The van der Waals surface area contributed by atoms with E-state index in [9.17, 15) is 0 Å². The maximum atomic E-state index is 0. The van der Waals surface area contributed by atoms with Gasteiger partial charge in [-0.3, -0.25) is 0 Å². The summed E-state index contributed by atoms with van der Waals surface area (Å²) in [6, 6.07) is 0. The van der Waals surface area contributed by atoms with E-state index in [-0.39, 0.29) is 103 Å². The van der Waals surface area contributed by atoms with E-state index in [1.54, 1.807) is 0 Å². The van der Waals surface area contributed by atoms with Crippen LogP contribution in [0.1, 0.15) is 0 Å².